The zero-order chi connectivity index (χ0) is 19.0. The number of carboxylic acids is 1. The van der Waals surface area contributed by atoms with Crippen LogP contribution in [0.3, 0.4) is 0 Å². The van der Waals surface area contributed by atoms with Gasteiger partial charge in [0.15, 0.2) is 0 Å². The fraction of sp³-hybridized carbons (Fsp3) is 0.550. The van der Waals surface area contributed by atoms with Gasteiger partial charge in [-0.3, -0.25) is 0 Å². The summed E-state index contributed by atoms with van der Waals surface area (Å²) in [6, 6.07) is 0. The Morgan fingerprint density at radius 2 is 1.48 bits per heavy atom. The molecule has 0 aromatic heterocycles. The van der Waals surface area contributed by atoms with E-state index in [9.17, 15) is 18.7 Å². The number of rotatable bonds is 14. The monoisotopic (exact) mass is 356 g/mol. The van der Waals surface area contributed by atoms with Gasteiger partial charge in [-0.2, -0.15) is 8.78 Å². The minimum absolute atomic E-state index is 0.0428. The summed E-state index contributed by atoms with van der Waals surface area (Å²) in [4.78, 5) is 10.2. The summed E-state index contributed by atoms with van der Waals surface area (Å²) in [5, 5.41) is 17.9. The molecule has 0 aromatic rings. The van der Waals surface area contributed by atoms with Crippen molar-refractivity contribution in [3.05, 3.63) is 48.3 Å². The molecule has 0 aliphatic carbocycles. The summed E-state index contributed by atoms with van der Waals surface area (Å²) >= 11 is 0. The average molecular weight is 356 g/mol. The first-order chi connectivity index (χ1) is 11.9. The summed E-state index contributed by atoms with van der Waals surface area (Å²) in [6.45, 7) is 2.13. The second-order valence-electron chi connectivity index (χ2n) is 5.82. The Morgan fingerprint density at radius 3 is 2.04 bits per heavy atom. The topological polar surface area (TPSA) is 57.5 Å². The lowest BCUT2D eigenvalue weighted by atomic mass is 10.1. The van der Waals surface area contributed by atoms with Gasteiger partial charge in [0.05, 0.1) is 5.76 Å². The Bertz CT molecular complexity index is 477. The van der Waals surface area contributed by atoms with E-state index in [4.69, 9.17) is 5.11 Å². The van der Waals surface area contributed by atoms with Crippen molar-refractivity contribution in [2.24, 2.45) is 0 Å². The zero-order valence-corrected chi connectivity index (χ0v) is 15.0. The van der Waals surface area contributed by atoms with Crippen LogP contribution in [-0.2, 0) is 4.79 Å². The number of carboxylic acid groups (broad SMARTS) is 1. The molecule has 0 heterocycles. The van der Waals surface area contributed by atoms with Crippen LogP contribution in [0, 0.1) is 0 Å². The molecule has 25 heavy (non-hydrogen) atoms. The molecule has 0 atom stereocenters. The molecule has 0 aromatic carbocycles. The molecule has 0 fully saturated rings. The van der Waals surface area contributed by atoms with E-state index in [0.29, 0.717) is 18.6 Å². The molecule has 0 saturated carbocycles. The van der Waals surface area contributed by atoms with Crippen molar-refractivity contribution in [1.29, 1.82) is 0 Å². The van der Waals surface area contributed by atoms with Crippen molar-refractivity contribution in [1.82, 2.24) is 0 Å². The van der Waals surface area contributed by atoms with E-state index >= 15 is 0 Å². The van der Waals surface area contributed by atoms with Crippen molar-refractivity contribution in [2.45, 2.75) is 70.6 Å². The Morgan fingerprint density at radius 1 is 0.920 bits per heavy atom. The van der Waals surface area contributed by atoms with E-state index in [1.807, 2.05) is 30.4 Å². The molecular weight excluding hydrogens is 326 g/mol. The molecule has 142 valence electrons. The van der Waals surface area contributed by atoms with Gasteiger partial charge in [-0.25, -0.2) is 4.79 Å². The van der Waals surface area contributed by atoms with Crippen LogP contribution in [0.1, 0.15) is 64.7 Å². The van der Waals surface area contributed by atoms with Crippen LogP contribution in [0.5, 0.6) is 0 Å². The third kappa shape index (κ3) is 14.2. The van der Waals surface area contributed by atoms with Crippen molar-refractivity contribution >= 4 is 5.97 Å². The van der Waals surface area contributed by atoms with Crippen LogP contribution in [0.25, 0.3) is 0 Å². The third-order valence-electron chi connectivity index (χ3n) is 3.51. The van der Waals surface area contributed by atoms with Gasteiger partial charge in [-0.1, -0.05) is 56.2 Å². The first-order valence-corrected chi connectivity index (χ1v) is 8.84. The number of aliphatic hydroxyl groups is 1. The second-order valence-corrected chi connectivity index (χ2v) is 5.82. The van der Waals surface area contributed by atoms with Crippen molar-refractivity contribution < 1.29 is 23.8 Å². The maximum Gasteiger partial charge on any atom is 0.374 e. The van der Waals surface area contributed by atoms with Crippen molar-refractivity contribution in [2.75, 3.05) is 0 Å². The first-order valence-electron chi connectivity index (χ1n) is 8.84. The highest BCUT2D eigenvalue weighted by atomic mass is 19.3. The maximum absolute atomic E-state index is 12.8. The highest BCUT2D eigenvalue weighted by Gasteiger charge is 2.37. The van der Waals surface area contributed by atoms with Crippen LogP contribution in [-0.4, -0.2) is 22.1 Å². The van der Waals surface area contributed by atoms with Gasteiger partial charge < -0.3 is 10.2 Å². The van der Waals surface area contributed by atoms with Crippen LogP contribution in [0.15, 0.2) is 48.3 Å². The molecule has 0 aliphatic rings. The fourth-order valence-corrected chi connectivity index (χ4v) is 1.99. The zero-order valence-electron chi connectivity index (χ0n) is 15.0. The smallest absolute Gasteiger partial charge is 0.374 e. The predicted octanol–water partition coefficient (Wildman–Crippen LogP) is 6.35. The molecule has 0 spiro atoms. The Hall–Kier alpha value is -1.91. The van der Waals surface area contributed by atoms with Crippen LogP contribution in [0.4, 0.5) is 8.78 Å². The number of hydrogen-bond donors (Lipinski definition) is 2. The van der Waals surface area contributed by atoms with Gasteiger partial charge >= 0.3 is 11.9 Å². The molecular formula is C20H30F2O3. The molecule has 0 saturated heterocycles. The van der Waals surface area contributed by atoms with Gasteiger partial charge in [0.25, 0.3) is 0 Å². The molecule has 0 bridgehead atoms. The summed E-state index contributed by atoms with van der Waals surface area (Å²) in [6.07, 6.45) is 18.6. The number of unbranched alkanes of at least 4 members (excludes halogenated alkanes) is 2. The lowest BCUT2D eigenvalue weighted by Gasteiger charge is -2.08. The Kier molecular flexibility index (Phi) is 13.3. The number of aliphatic carboxylic acids is 1. The SMILES string of the molecule is CCCCC/C(O)=C/C/C=C/C/C=C/C/C=C/CCC(F)(F)C(=O)O. The van der Waals surface area contributed by atoms with Crippen LogP contribution < -0.4 is 0 Å². The predicted molar refractivity (Wildman–Crippen MR) is 97.9 cm³/mol. The molecule has 0 aliphatic heterocycles. The first kappa shape index (κ1) is 23.1. The molecule has 2 N–H and O–H groups in total. The largest absolute Gasteiger partial charge is 0.513 e. The van der Waals surface area contributed by atoms with Crippen LogP contribution in [0.2, 0.25) is 0 Å². The van der Waals surface area contributed by atoms with Gasteiger partial charge in [-0.15, -0.1) is 0 Å². The van der Waals surface area contributed by atoms with E-state index in [1.54, 1.807) is 12.2 Å². The lowest BCUT2D eigenvalue weighted by molar-refractivity contribution is -0.165. The average Bonchev–Trinajstić information content (AvgIpc) is 2.55. The highest BCUT2D eigenvalue weighted by Crippen LogP contribution is 2.20. The van der Waals surface area contributed by atoms with E-state index in [0.717, 1.165) is 32.1 Å². The summed E-state index contributed by atoms with van der Waals surface area (Å²) in [7, 11) is 0. The van der Waals surface area contributed by atoms with Gasteiger partial charge in [-0.05, 0) is 38.2 Å². The number of allylic oxidation sites excluding steroid dienone is 8. The number of aliphatic hydroxyl groups excluding tert-OH is 1. The van der Waals surface area contributed by atoms with E-state index in [-0.39, 0.29) is 6.42 Å². The maximum atomic E-state index is 12.8. The second kappa shape index (κ2) is 14.4. The molecule has 0 unspecified atom stereocenters. The minimum Gasteiger partial charge on any atom is -0.513 e. The quantitative estimate of drug-likeness (QED) is 0.217. The third-order valence-corrected chi connectivity index (χ3v) is 3.51. The summed E-state index contributed by atoms with van der Waals surface area (Å²) < 4.78 is 25.6. The number of halogens is 2. The van der Waals surface area contributed by atoms with Gasteiger partial charge in [0.2, 0.25) is 0 Å². The van der Waals surface area contributed by atoms with Gasteiger partial charge in [0, 0.05) is 12.8 Å². The minimum atomic E-state index is -3.65. The molecule has 5 heteroatoms. The van der Waals surface area contributed by atoms with E-state index < -0.39 is 18.3 Å². The van der Waals surface area contributed by atoms with Crippen molar-refractivity contribution in [3.8, 4) is 0 Å². The molecule has 0 radical (unpaired) electrons. The fourth-order valence-electron chi connectivity index (χ4n) is 1.99. The molecule has 3 nitrogen and oxygen atoms in total. The Labute approximate surface area is 149 Å². The summed E-state index contributed by atoms with van der Waals surface area (Å²) in [5.74, 6) is -5.27. The number of alkyl halides is 2. The normalized spacial score (nSPS) is 13.5. The van der Waals surface area contributed by atoms with Gasteiger partial charge in [0.1, 0.15) is 0 Å². The Balaban J connectivity index is 3.73. The van der Waals surface area contributed by atoms with Crippen LogP contribution >= 0.6 is 0 Å². The number of carbonyl (C=O) groups is 1. The standard InChI is InChI=1S/C20H30F2O3/c1-2-3-12-15-18(23)16-13-10-8-6-4-5-7-9-11-14-17-20(21,22)19(24)25/h4-5,8-11,16,23H,2-3,6-7,12-15,17H2,1H3,(H,24,25)/b5-4+,10-8+,11-9+,18-16-. The summed E-state index contributed by atoms with van der Waals surface area (Å²) in [5.41, 5.74) is 0. The van der Waals surface area contributed by atoms with E-state index in [2.05, 4.69) is 6.92 Å². The molecule has 0 amide bonds. The van der Waals surface area contributed by atoms with E-state index in [1.165, 1.54) is 0 Å². The van der Waals surface area contributed by atoms with Crippen molar-refractivity contribution in [3.63, 3.8) is 0 Å². The number of hydrogen-bond acceptors (Lipinski definition) is 2. The highest BCUT2D eigenvalue weighted by molar-refractivity contribution is 5.75. The lowest BCUT2D eigenvalue weighted by Crippen LogP contribution is -2.27. The molecule has 0 rings (SSSR count).